The molecule has 0 unspecified atom stereocenters. The van der Waals surface area contributed by atoms with Gasteiger partial charge in [0, 0.05) is 29.2 Å². The molecule has 1 aromatic carbocycles. The van der Waals surface area contributed by atoms with Crippen LogP contribution in [0, 0.1) is 0 Å². The van der Waals surface area contributed by atoms with E-state index in [4.69, 9.17) is 13.9 Å². The predicted octanol–water partition coefficient (Wildman–Crippen LogP) is 3.48. The Morgan fingerprint density at radius 1 is 0.964 bits per heavy atom. The van der Waals surface area contributed by atoms with E-state index in [1.807, 2.05) is 6.07 Å². The van der Waals surface area contributed by atoms with Crippen molar-refractivity contribution in [2.75, 3.05) is 13.2 Å². The van der Waals surface area contributed by atoms with Crippen LogP contribution in [0.2, 0.25) is 0 Å². The fourth-order valence-corrected chi connectivity index (χ4v) is 3.08. The lowest BCUT2D eigenvalue weighted by Crippen LogP contribution is -2.16. The molecule has 3 aromatic heterocycles. The lowest BCUT2D eigenvalue weighted by atomic mass is 10.0. The fraction of sp³-hybridized carbons (Fsp3) is 0.143. The highest BCUT2D eigenvalue weighted by Gasteiger charge is 2.16. The van der Waals surface area contributed by atoms with Gasteiger partial charge < -0.3 is 13.9 Å². The molecule has 1 aliphatic heterocycles. The molecule has 5 rings (SSSR count). The number of oxazole rings is 1. The number of carbonyl (C=O) groups is 1. The summed E-state index contributed by atoms with van der Waals surface area (Å²) in [6.07, 6.45) is 3.47. The van der Waals surface area contributed by atoms with E-state index in [9.17, 15) is 4.79 Å². The van der Waals surface area contributed by atoms with Crippen molar-refractivity contribution in [3.63, 3.8) is 0 Å². The zero-order valence-corrected chi connectivity index (χ0v) is 14.8. The van der Waals surface area contributed by atoms with Gasteiger partial charge in [-0.05, 0) is 42.5 Å². The third kappa shape index (κ3) is 3.07. The molecule has 0 saturated heterocycles. The largest absolute Gasteiger partial charge is 0.486 e. The van der Waals surface area contributed by atoms with Gasteiger partial charge >= 0.3 is 0 Å². The smallest absolute Gasteiger partial charge is 0.229 e. The maximum atomic E-state index is 12.7. The van der Waals surface area contributed by atoms with Gasteiger partial charge in [0.05, 0.1) is 6.42 Å². The molecule has 28 heavy (non-hydrogen) atoms. The second-order valence-electron chi connectivity index (χ2n) is 6.34. The summed E-state index contributed by atoms with van der Waals surface area (Å²) in [7, 11) is 0. The molecule has 0 atom stereocenters. The molecule has 4 heterocycles. The third-order valence-electron chi connectivity index (χ3n) is 4.43. The number of hydrogen-bond acceptors (Lipinski definition) is 7. The van der Waals surface area contributed by atoms with Gasteiger partial charge in [-0.1, -0.05) is 0 Å². The molecular formula is C21H15N3O4. The van der Waals surface area contributed by atoms with E-state index in [1.54, 1.807) is 48.8 Å². The summed E-state index contributed by atoms with van der Waals surface area (Å²) in [6.45, 7) is 0.996. The van der Waals surface area contributed by atoms with Gasteiger partial charge in [0.1, 0.15) is 13.2 Å². The van der Waals surface area contributed by atoms with Crippen molar-refractivity contribution >= 4 is 17.0 Å². The zero-order valence-electron chi connectivity index (χ0n) is 14.8. The van der Waals surface area contributed by atoms with Gasteiger partial charge in [0.15, 0.2) is 28.5 Å². The van der Waals surface area contributed by atoms with E-state index in [-0.39, 0.29) is 12.2 Å². The van der Waals surface area contributed by atoms with Crippen LogP contribution in [0.5, 0.6) is 11.5 Å². The molecule has 0 radical (unpaired) electrons. The molecule has 138 valence electrons. The first kappa shape index (κ1) is 16.4. The van der Waals surface area contributed by atoms with E-state index >= 15 is 0 Å². The number of aromatic nitrogens is 3. The maximum Gasteiger partial charge on any atom is 0.229 e. The summed E-state index contributed by atoms with van der Waals surface area (Å²) >= 11 is 0. The number of ether oxygens (including phenoxy) is 2. The zero-order chi connectivity index (χ0) is 18.9. The Balaban J connectivity index is 1.40. The summed E-state index contributed by atoms with van der Waals surface area (Å²) in [6, 6.07) is 12.4. The Hall–Kier alpha value is -3.74. The Morgan fingerprint density at radius 2 is 1.86 bits per heavy atom. The standard InChI is InChI=1S/C21H15N3O4/c25-16(13-3-4-17-19(11-13)27-9-8-26-17)12-15-10-14(5-7-22-15)21-24-20-18(28-21)2-1-6-23-20/h1-7,10-11H,8-9,12H2. The van der Waals surface area contributed by atoms with Crippen LogP contribution in [0.1, 0.15) is 16.1 Å². The molecule has 0 spiro atoms. The van der Waals surface area contributed by atoms with Crippen molar-refractivity contribution in [1.82, 2.24) is 15.0 Å². The topological polar surface area (TPSA) is 87.3 Å². The minimum absolute atomic E-state index is 0.0548. The lowest BCUT2D eigenvalue weighted by molar-refractivity contribution is 0.0990. The molecule has 4 aromatic rings. The van der Waals surface area contributed by atoms with E-state index in [2.05, 4.69) is 15.0 Å². The molecule has 0 N–H and O–H groups in total. The predicted molar refractivity (Wildman–Crippen MR) is 101 cm³/mol. The first-order chi connectivity index (χ1) is 13.8. The quantitative estimate of drug-likeness (QED) is 0.506. The molecule has 7 nitrogen and oxygen atoms in total. The van der Waals surface area contributed by atoms with Crippen LogP contribution in [0.4, 0.5) is 0 Å². The SMILES string of the molecule is O=C(Cc1cc(-c2nc3ncccc3o2)ccn1)c1ccc2c(c1)OCCO2. The van der Waals surface area contributed by atoms with Crippen molar-refractivity contribution in [3.05, 3.63) is 66.1 Å². The fourth-order valence-electron chi connectivity index (χ4n) is 3.08. The number of Topliss-reactive ketones (excluding diaryl/α,β-unsaturated/α-hetero) is 1. The molecular weight excluding hydrogens is 358 g/mol. The highest BCUT2D eigenvalue weighted by atomic mass is 16.6. The molecule has 0 bridgehead atoms. The monoisotopic (exact) mass is 373 g/mol. The molecule has 0 saturated carbocycles. The minimum atomic E-state index is -0.0548. The highest BCUT2D eigenvalue weighted by molar-refractivity contribution is 5.98. The maximum absolute atomic E-state index is 12.7. The lowest BCUT2D eigenvalue weighted by Gasteiger charge is -2.18. The summed E-state index contributed by atoms with van der Waals surface area (Å²) in [4.78, 5) is 25.6. The van der Waals surface area contributed by atoms with Gasteiger partial charge in [-0.15, -0.1) is 0 Å². The second kappa shape index (κ2) is 6.77. The van der Waals surface area contributed by atoms with Crippen molar-refractivity contribution < 1.29 is 18.7 Å². The normalized spacial score (nSPS) is 12.9. The second-order valence-corrected chi connectivity index (χ2v) is 6.34. The van der Waals surface area contributed by atoms with Crippen LogP contribution >= 0.6 is 0 Å². The third-order valence-corrected chi connectivity index (χ3v) is 4.43. The van der Waals surface area contributed by atoms with Crippen LogP contribution in [0.25, 0.3) is 22.7 Å². The van der Waals surface area contributed by atoms with Crippen LogP contribution in [0.15, 0.2) is 59.3 Å². The Morgan fingerprint density at radius 3 is 2.75 bits per heavy atom. The average Bonchev–Trinajstić information content (AvgIpc) is 3.18. The summed E-state index contributed by atoms with van der Waals surface area (Å²) in [5, 5.41) is 0. The number of benzene rings is 1. The van der Waals surface area contributed by atoms with Gasteiger partial charge in [-0.2, -0.15) is 4.98 Å². The van der Waals surface area contributed by atoms with E-state index < -0.39 is 0 Å². The average molecular weight is 373 g/mol. The van der Waals surface area contributed by atoms with Gasteiger partial charge in [-0.25, -0.2) is 4.98 Å². The first-order valence-electron chi connectivity index (χ1n) is 8.86. The molecule has 1 aliphatic rings. The number of hydrogen-bond donors (Lipinski definition) is 0. The summed E-state index contributed by atoms with van der Waals surface area (Å²) in [5.74, 6) is 1.65. The van der Waals surface area contributed by atoms with Gasteiger partial charge in [0.25, 0.3) is 0 Å². The number of rotatable bonds is 4. The van der Waals surface area contributed by atoms with Crippen molar-refractivity contribution in [3.8, 4) is 23.0 Å². The molecule has 7 heteroatoms. The van der Waals surface area contributed by atoms with Crippen molar-refractivity contribution in [2.24, 2.45) is 0 Å². The van der Waals surface area contributed by atoms with Crippen LogP contribution in [-0.4, -0.2) is 33.9 Å². The highest BCUT2D eigenvalue weighted by Crippen LogP contribution is 2.31. The van der Waals surface area contributed by atoms with Gasteiger partial charge in [-0.3, -0.25) is 9.78 Å². The van der Waals surface area contributed by atoms with Crippen LogP contribution in [-0.2, 0) is 6.42 Å². The number of pyridine rings is 2. The number of nitrogens with zero attached hydrogens (tertiary/aromatic N) is 3. The number of fused-ring (bicyclic) bond motifs is 2. The van der Waals surface area contributed by atoms with Crippen LogP contribution < -0.4 is 9.47 Å². The summed E-state index contributed by atoms with van der Waals surface area (Å²) < 4.78 is 16.8. The number of ketones is 1. The summed E-state index contributed by atoms with van der Waals surface area (Å²) in [5.41, 5.74) is 3.10. The molecule has 0 aliphatic carbocycles. The Bertz CT molecular complexity index is 1150. The van der Waals surface area contributed by atoms with Crippen molar-refractivity contribution in [2.45, 2.75) is 6.42 Å². The first-order valence-corrected chi connectivity index (χ1v) is 8.86. The van der Waals surface area contributed by atoms with E-state index in [0.717, 1.165) is 5.56 Å². The Labute approximate surface area is 160 Å². The Kier molecular flexibility index (Phi) is 3.97. The van der Waals surface area contributed by atoms with Crippen LogP contribution in [0.3, 0.4) is 0 Å². The molecule has 0 amide bonds. The number of carbonyl (C=O) groups excluding carboxylic acids is 1. The molecule has 0 fully saturated rings. The van der Waals surface area contributed by atoms with Crippen molar-refractivity contribution in [1.29, 1.82) is 0 Å². The van der Waals surface area contributed by atoms with E-state index in [0.29, 0.717) is 53.1 Å². The van der Waals surface area contributed by atoms with E-state index in [1.165, 1.54) is 0 Å². The van der Waals surface area contributed by atoms with Gasteiger partial charge in [0.2, 0.25) is 5.89 Å². The minimum Gasteiger partial charge on any atom is -0.486 e.